The van der Waals surface area contributed by atoms with Gasteiger partial charge in [0.05, 0.1) is 0 Å². The van der Waals surface area contributed by atoms with Crippen molar-refractivity contribution in [2.45, 2.75) is 32.1 Å². The third-order valence-corrected chi connectivity index (χ3v) is 3.34. The zero-order chi connectivity index (χ0) is 12.6. The van der Waals surface area contributed by atoms with E-state index in [4.69, 9.17) is 0 Å². The van der Waals surface area contributed by atoms with Crippen LogP contribution in [-0.2, 0) is 19.3 Å². The molecule has 1 radical (unpaired) electrons. The lowest BCUT2D eigenvalue weighted by Crippen LogP contribution is -1.97. The van der Waals surface area contributed by atoms with Crippen molar-refractivity contribution in [3.05, 3.63) is 78.2 Å². The van der Waals surface area contributed by atoms with Gasteiger partial charge in [0.15, 0.2) is 0 Å². The average molecular weight is 237 g/mol. The minimum absolute atomic E-state index is 1.02. The lowest BCUT2D eigenvalue weighted by molar-refractivity contribution is 0.820. The molecule has 0 aliphatic heterocycles. The summed E-state index contributed by atoms with van der Waals surface area (Å²) in [4.78, 5) is 0. The number of benzene rings is 2. The van der Waals surface area contributed by atoms with Crippen molar-refractivity contribution in [3.63, 3.8) is 0 Å². The van der Waals surface area contributed by atoms with Crippen molar-refractivity contribution in [1.82, 2.24) is 0 Å². The molecule has 0 saturated carbocycles. The van der Waals surface area contributed by atoms with E-state index in [1.807, 2.05) is 0 Å². The van der Waals surface area contributed by atoms with Crippen LogP contribution in [-0.4, -0.2) is 0 Å². The molecule has 0 bridgehead atoms. The topological polar surface area (TPSA) is 0 Å². The van der Waals surface area contributed by atoms with E-state index in [1.165, 1.54) is 23.1 Å². The van der Waals surface area contributed by atoms with Crippen LogP contribution in [0.4, 0.5) is 0 Å². The second kappa shape index (κ2) is 7.00. The number of aryl methyl sites for hydroxylation is 3. The molecule has 2 aromatic carbocycles. The molecule has 2 aromatic rings. The molecule has 18 heavy (non-hydrogen) atoms. The highest BCUT2D eigenvalue weighted by molar-refractivity contribution is 5.28. The Labute approximate surface area is 111 Å². The van der Waals surface area contributed by atoms with Gasteiger partial charge in [-0.2, -0.15) is 0 Å². The molecule has 0 saturated heterocycles. The fourth-order valence-electron chi connectivity index (χ4n) is 2.28. The third kappa shape index (κ3) is 3.73. The number of rotatable bonds is 6. The van der Waals surface area contributed by atoms with Gasteiger partial charge >= 0.3 is 0 Å². The first-order valence-corrected chi connectivity index (χ1v) is 6.80. The highest BCUT2D eigenvalue weighted by Crippen LogP contribution is 2.15. The summed E-state index contributed by atoms with van der Waals surface area (Å²) in [6.45, 7) is 3.92. The zero-order valence-electron chi connectivity index (χ0n) is 10.9. The summed E-state index contributed by atoms with van der Waals surface area (Å²) < 4.78 is 0. The van der Waals surface area contributed by atoms with Crippen LogP contribution in [0.2, 0.25) is 0 Å². The van der Waals surface area contributed by atoms with Gasteiger partial charge in [0.2, 0.25) is 0 Å². The summed E-state index contributed by atoms with van der Waals surface area (Å²) in [6, 6.07) is 19.5. The predicted octanol–water partition coefficient (Wildman–Crippen LogP) is 4.63. The van der Waals surface area contributed by atoms with E-state index in [9.17, 15) is 0 Å². The quantitative estimate of drug-likeness (QED) is 0.687. The summed E-state index contributed by atoms with van der Waals surface area (Å²) in [5, 5.41) is 0. The standard InChI is InChI=1S/C18H21/c1-2-3-11-17-12-7-8-13-18(17)15-14-16-9-5-4-6-10-16/h4-10,12-13H,1-3,11,14-15H2. The Kier molecular flexibility index (Phi) is 5.01. The molecule has 0 aromatic heterocycles. The molecule has 0 spiro atoms. The summed E-state index contributed by atoms with van der Waals surface area (Å²) in [7, 11) is 0. The van der Waals surface area contributed by atoms with E-state index in [-0.39, 0.29) is 0 Å². The third-order valence-electron chi connectivity index (χ3n) is 3.34. The van der Waals surface area contributed by atoms with E-state index >= 15 is 0 Å². The average Bonchev–Trinajstić information content (AvgIpc) is 2.45. The van der Waals surface area contributed by atoms with Gasteiger partial charge in [-0.3, -0.25) is 0 Å². The summed E-state index contributed by atoms with van der Waals surface area (Å²) >= 11 is 0. The molecule has 0 heteroatoms. The van der Waals surface area contributed by atoms with Gasteiger partial charge in [-0.25, -0.2) is 0 Å². The summed E-state index contributed by atoms with van der Waals surface area (Å²) in [5.41, 5.74) is 4.41. The van der Waals surface area contributed by atoms with E-state index in [2.05, 4.69) is 61.5 Å². The Morgan fingerprint density at radius 3 is 1.94 bits per heavy atom. The monoisotopic (exact) mass is 237 g/mol. The number of unbranched alkanes of at least 4 members (excludes halogenated alkanes) is 1. The normalized spacial score (nSPS) is 10.5. The van der Waals surface area contributed by atoms with Crippen LogP contribution in [0.25, 0.3) is 0 Å². The van der Waals surface area contributed by atoms with Gasteiger partial charge in [0, 0.05) is 0 Å². The molecule has 93 valence electrons. The highest BCUT2D eigenvalue weighted by Gasteiger charge is 2.01. The molecular formula is C18H21. The molecule has 0 atom stereocenters. The molecule has 0 aliphatic carbocycles. The summed E-state index contributed by atoms with van der Waals surface area (Å²) in [5.74, 6) is 0. The maximum atomic E-state index is 3.92. The minimum atomic E-state index is 1.02. The molecule has 0 nitrogen and oxygen atoms in total. The molecule has 0 unspecified atom stereocenters. The van der Waals surface area contributed by atoms with Gasteiger partial charge in [0.1, 0.15) is 0 Å². The molecule has 0 N–H and O–H groups in total. The minimum Gasteiger partial charge on any atom is -0.0622 e. The first-order chi connectivity index (χ1) is 8.90. The van der Waals surface area contributed by atoms with Crippen molar-refractivity contribution in [2.75, 3.05) is 0 Å². The van der Waals surface area contributed by atoms with E-state index in [0.717, 1.165) is 25.7 Å². The summed E-state index contributed by atoms with van der Waals surface area (Å²) in [6.07, 6.45) is 5.63. The molecule has 0 fully saturated rings. The number of hydrogen-bond donors (Lipinski definition) is 0. The van der Waals surface area contributed by atoms with Crippen molar-refractivity contribution in [3.8, 4) is 0 Å². The van der Waals surface area contributed by atoms with Crippen LogP contribution in [0.15, 0.2) is 54.6 Å². The van der Waals surface area contributed by atoms with Crippen molar-refractivity contribution in [1.29, 1.82) is 0 Å². The van der Waals surface area contributed by atoms with Crippen molar-refractivity contribution in [2.24, 2.45) is 0 Å². The maximum Gasteiger partial charge on any atom is -0.0236 e. The molecule has 0 amide bonds. The van der Waals surface area contributed by atoms with E-state index in [0.29, 0.717) is 0 Å². The molecule has 0 aliphatic rings. The Bertz CT molecular complexity index is 456. The lowest BCUT2D eigenvalue weighted by atomic mass is 9.97. The second-order valence-electron chi connectivity index (χ2n) is 4.71. The van der Waals surface area contributed by atoms with Gasteiger partial charge in [-0.15, -0.1) is 0 Å². The van der Waals surface area contributed by atoms with Crippen LogP contribution < -0.4 is 0 Å². The molecule has 0 heterocycles. The fourth-order valence-corrected chi connectivity index (χ4v) is 2.28. The Morgan fingerprint density at radius 2 is 1.28 bits per heavy atom. The van der Waals surface area contributed by atoms with E-state index in [1.54, 1.807) is 0 Å². The van der Waals surface area contributed by atoms with E-state index < -0.39 is 0 Å². The van der Waals surface area contributed by atoms with Gasteiger partial charge in [-0.1, -0.05) is 67.9 Å². The molecular weight excluding hydrogens is 216 g/mol. The maximum absolute atomic E-state index is 3.92. The van der Waals surface area contributed by atoms with Crippen LogP contribution in [0.5, 0.6) is 0 Å². The van der Waals surface area contributed by atoms with Crippen LogP contribution >= 0.6 is 0 Å². The van der Waals surface area contributed by atoms with Gasteiger partial charge < -0.3 is 0 Å². The Morgan fingerprint density at radius 1 is 0.667 bits per heavy atom. The van der Waals surface area contributed by atoms with Crippen LogP contribution in [0, 0.1) is 6.92 Å². The van der Waals surface area contributed by atoms with Crippen molar-refractivity contribution >= 4 is 0 Å². The zero-order valence-corrected chi connectivity index (χ0v) is 10.9. The van der Waals surface area contributed by atoms with Gasteiger partial charge in [0.25, 0.3) is 0 Å². The highest BCUT2D eigenvalue weighted by atomic mass is 14.1. The van der Waals surface area contributed by atoms with Gasteiger partial charge in [-0.05, 0) is 42.4 Å². The lowest BCUT2D eigenvalue weighted by Gasteiger charge is -2.09. The molecule has 2 rings (SSSR count). The Hall–Kier alpha value is -1.56. The van der Waals surface area contributed by atoms with Crippen molar-refractivity contribution < 1.29 is 0 Å². The first kappa shape index (κ1) is 12.9. The smallest absolute Gasteiger partial charge is 0.0236 e. The number of hydrogen-bond acceptors (Lipinski definition) is 0. The van der Waals surface area contributed by atoms with Crippen LogP contribution in [0.1, 0.15) is 29.5 Å². The van der Waals surface area contributed by atoms with Crippen LogP contribution in [0.3, 0.4) is 0 Å². The first-order valence-electron chi connectivity index (χ1n) is 6.80. The largest absolute Gasteiger partial charge is 0.0622 e. The fraction of sp³-hybridized carbons (Fsp3) is 0.278. The Balaban J connectivity index is 2.00. The second-order valence-corrected chi connectivity index (χ2v) is 4.71. The SMILES string of the molecule is [CH2]CCCc1ccccc1CCc1ccccc1. The predicted molar refractivity (Wildman–Crippen MR) is 78.6 cm³/mol.